The molecule has 4 rings (SSSR count). The van der Waals surface area contributed by atoms with Crippen LogP contribution in [-0.4, -0.2) is 76.8 Å². The SMILES string of the molecule is COCCOc1cc(-c2noc(C3CCCN3C3CCN(C(C)=O)CC3)n2)ccn1. The minimum Gasteiger partial charge on any atom is -0.475 e. The first kappa shape index (κ1) is 20.7. The standard InChI is InChI=1S/C21H29N5O4/c1-15(27)25-10-6-17(7-11-25)26-9-3-4-18(26)21-23-20(24-30-21)16-5-8-22-19(14-16)29-13-12-28-2/h5,8,14,17-18H,3-4,6-7,9-13H2,1-2H3. The van der Waals surface area contributed by atoms with Crippen LogP contribution in [0.5, 0.6) is 5.88 Å². The molecule has 30 heavy (non-hydrogen) atoms. The maximum atomic E-state index is 11.6. The van der Waals surface area contributed by atoms with Gasteiger partial charge in [-0.2, -0.15) is 4.98 Å². The number of pyridine rings is 1. The first-order valence-electron chi connectivity index (χ1n) is 10.6. The van der Waals surface area contributed by atoms with Crippen molar-refractivity contribution in [1.29, 1.82) is 0 Å². The van der Waals surface area contributed by atoms with Gasteiger partial charge in [0.25, 0.3) is 0 Å². The van der Waals surface area contributed by atoms with E-state index in [-0.39, 0.29) is 11.9 Å². The number of rotatable bonds is 7. The molecular formula is C21H29N5O4. The van der Waals surface area contributed by atoms with Gasteiger partial charge in [0.2, 0.25) is 23.5 Å². The van der Waals surface area contributed by atoms with Crippen LogP contribution >= 0.6 is 0 Å². The number of likely N-dealkylation sites (tertiary alicyclic amines) is 2. The molecule has 0 N–H and O–H groups in total. The van der Waals surface area contributed by atoms with Crippen LogP contribution in [0.2, 0.25) is 0 Å². The summed E-state index contributed by atoms with van der Waals surface area (Å²) in [6.45, 7) is 5.25. The topological polar surface area (TPSA) is 93.8 Å². The van der Waals surface area contributed by atoms with E-state index >= 15 is 0 Å². The van der Waals surface area contributed by atoms with Gasteiger partial charge in [-0.1, -0.05) is 5.16 Å². The molecule has 0 saturated carbocycles. The Labute approximate surface area is 176 Å². The van der Waals surface area contributed by atoms with E-state index in [4.69, 9.17) is 19.0 Å². The number of carbonyl (C=O) groups excluding carboxylic acids is 1. The van der Waals surface area contributed by atoms with Gasteiger partial charge in [-0.05, 0) is 38.3 Å². The van der Waals surface area contributed by atoms with Crippen molar-refractivity contribution in [3.63, 3.8) is 0 Å². The van der Waals surface area contributed by atoms with Crippen molar-refractivity contribution >= 4 is 5.91 Å². The fourth-order valence-electron chi connectivity index (χ4n) is 4.35. The number of ether oxygens (including phenoxy) is 2. The molecule has 0 aromatic carbocycles. The molecule has 1 unspecified atom stereocenters. The predicted octanol–water partition coefficient (Wildman–Crippen LogP) is 2.30. The van der Waals surface area contributed by atoms with Gasteiger partial charge in [0.15, 0.2) is 0 Å². The number of amides is 1. The lowest BCUT2D eigenvalue weighted by Crippen LogP contribution is -2.46. The van der Waals surface area contributed by atoms with Gasteiger partial charge in [-0.15, -0.1) is 0 Å². The van der Waals surface area contributed by atoms with Gasteiger partial charge in [-0.3, -0.25) is 9.69 Å². The Morgan fingerprint density at radius 3 is 2.83 bits per heavy atom. The maximum Gasteiger partial charge on any atom is 0.244 e. The van der Waals surface area contributed by atoms with E-state index in [0.717, 1.165) is 50.9 Å². The molecule has 2 saturated heterocycles. The van der Waals surface area contributed by atoms with Gasteiger partial charge in [-0.25, -0.2) is 4.98 Å². The molecule has 0 radical (unpaired) electrons. The Balaban J connectivity index is 1.43. The summed E-state index contributed by atoms with van der Waals surface area (Å²) < 4.78 is 16.3. The number of carbonyl (C=O) groups is 1. The normalized spacial score (nSPS) is 20.6. The number of aromatic nitrogens is 3. The van der Waals surface area contributed by atoms with Gasteiger partial charge in [0, 0.05) is 51.0 Å². The number of hydrogen-bond donors (Lipinski definition) is 0. The van der Waals surface area contributed by atoms with Crippen LogP contribution in [-0.2, 0) is 9.53 Å². The molecule has 9 nitrogen and oxygen atoms in total. The summed E-state index contributed by atoms with van der Waals surface area (Å²) >= 11 is 0. The molecule has 2 aliphatic rings. The zero-order valence-electron chi connectivity index (χ0n) is 17.6. The summed E-state index contributed by atoms with van der Waals surface area (Å²) in [6, 6.07) is 4.25. The van der Waals surface area contributed by atoms with E-state index in [2.05, 4.69) is 15.0 Å². The van der Waals surface area contributed by atoms with Crippen LogP contribution in [0.25, 0.3) is 11.4 Å². The second-order valence-corrected chi connectivity index (χ2v) is 7.81. The molecule has 162 valence electrons. The highest BCUT2D eigenvalue weighted by Gasteiger charge is 2.37. The summed E-state index contributed by atoms with van der Waals surface area (Å²) in [7, 11) is 1.63. The van der Waals surface area contributed by atoms with Crippen LogP contribution < -0.4 is 4.74 Å². The van der Waals surface area contributed by atoms with E-state index in [1.807, 2.05) is 17.0 Å². The highest BCUT2D eigenvalue weighted by atomic mass is 16.5. The molecule has 1 amide bonds. The van der Waals surface area contributed by atoms with Crippen molar-refractivity contribution < 1.29 is 18.8 Å². The quantitative estimate of drug-likeness (QED) is 0.636. The Kier molecular flexibility index (Phi) is 6.59. The van der Waals surface area contributed by atoms with Crippen LogP contribution in [0, 0.1) is 0 Å². The highest BCUT2D eigenvalue weighted by molar-refractivity contribution is 5.73. The lowest BCUT2D eigenvalue weighted by Gasteiger charge is -2.38. The van der Waals surface area contributed by atoms with Gasteiger partial charge < -0.3 is 18.9 Å². The van der Waals surface area contributed by atoms with Crippen molar-refractivity contribution in [2.75, 3.05) is 40.0 Å². The van der Waals surface area contributed by atoms with Gasteiger partial charge in [0.05, 0.1) is 12.6 Å². The minimum atomic E-state index is 0.138. The molecule has 2 aromatic rings. The average Bonchev–Trinajstić information content (AvgIpc) is 3.44. The molecule has 1 atom stereocenters. The highest BCUT2D eigenvalue weighted by Crippen LogP contribution is 2.36. The summed E-state index contributed by atoms with van der Waals surface area (Å²) in [5.41, 5.74) is 0.812. The third kappa shape index (κ3) is 4.62. The maximum absolute atomic E-state index is 11.6. The largest absolute Gasteiger partial charge is 0.475 e. The van der Waals surface area contributed by atoms with E-state index in [0.29, 0.717) is 36.9 Å². The Hall–Kier alpha value is -2.52. The number of methoxy groups -OCH3 is 1. The monoisotopic (exact) mass is 415 g/mol. The smallest absolute Gasteiger partial charge is 0.244 e. The molecule has 2 aromatic heterocycles. The average molecular weight is 415 g/mol. The van der Waals surface area contributed by atoms with Crippen LogP contribution in [0.15, 0.2) is 22.9 Å². The zero-order valence-corrected chi connectivity index (χ0v) is 17.6. The van der Waals surface area contributed by atoms with Crippen molar-refractivity contribution in [3.8, 4) is 17.3 Å². The number of hydrogen-bond acceptors (Lipinski definition) is 8. The number of nitrogens with zero attached hydrogens (tertiary/aromatic N) is 5. The number of piperidine rings is 1. The van der Waals surface area contributed by atoms with Crippen molar-refractivity contribution in [2.45, 2.75) is 44.7 Å². The van der Waals surface area contributed by atoms with Crippen LogP contribution in [0.4, 0.5) is 0 Å². The summed E-state index contributed by atoms with van der Waals surface area (Å²) in [5, 5.41) is 4.21. The lowest BCUT2D eigenvalue weighted by atomic mass is 10.0. The van der Waals surface area contributed by atoms with E-state index < -0.39 is 0 Å². The van der Waals surface area contributed by atoms with E-state index in [1.54, 1.807) is 20.2 Å². The molecule has 2 fully saturated rings. The predicted molar refractivity (Wildman–Crippen MR) is 109 cm³/mol. The third-order valence-electron chi connectivity index (χ3n) is 5.93. The second-order valence-electron chi connectivity index (χ2n) is 7.81. The first-order valence-corrected chi connectivity index (χ1v) is 10.6. The molecule has 2 aliphatic heterocycles. The molecule has 0 spiro atoms. The lowest BCUT2D eigenvalue weighted by molar-refractivity contribution is -0.130. The Morgan fingerprint density at radius 1 is 1.23 bits per heavy atom. The Bertz CT molecular complexity index is 849. The zero-order chi connectivity index (χ0) is 20.9. The fraction of sp³-hybridized carbons (Fsp3) is 0.619. The minimum absolute atomic E-state index is 0.138. The molecular weight excluding hydrogens is 386 g/mol. The van der Waals surface area contributed by atoms with Crippen molar-refractivity contribution in [3.05, 3.63) is 24.2 Å². The molecule has 4 heterocycles. The third-order valence-corrected chi connectivity index (χ3v) is 5.93. The van der Waals surface area contributed by atoms with Gasteiger partial charge in [0.1, 0.15) is 6.61 Å². The van der Waals surface area contributed by atoms with E-state index in [1.165, 1.54) is 0 Å². The second kappa shape index (κ2) is 9.53. The summed E-state index contributed by atoms with van der Waals surface area (Å²) in [5.74, 6) is 1.88. The van der Waals surface area contributed by atoms with Gasteiger partial charge >= 0.3 is 0 Å². The molecule has 0 aliphatic carbocycles. The van der Waals surface area contributed by atoms with Crippen LogP contribution in [0.1, 0.15) is 44.5 Å². The summed E-state index contributed by atoms with van der Waals surface area (Å²) in [6.07, 6.45) is 5.78. The Morgan fingerprint density at radius 2 is 2.07 bits per heavy atom. The van der Waals surface area contributed by atoms with Crippen molar-refractivity contribution in [2.24, 2.45) is 0 Å². The molecule has 9 heteroatoms. The van der Waals surface area contributed by atoms with Crippen molar-refractivity contribution in [1.82, 2.24) is 24.9 Å². The fourth-order valence-corrected chi connectivity index (χ4v) is 4.35. The molecule has 0 bridgehead atoms. The van der Waals surface area contributed by atoms with Crippen LogP contribution in [0.3, 0.4) is 0 Å². The van der Waals surface area contributed by atoms with E-state index in [9.17, 15) is 4.79 Å². The first-order chi connectivity index (χ1) is 14.7. The summed E-state index contributed by atoms with van der Waals surface area (Å²) in [4.78, 5) is 24.9.